The zero-order valence-corrected chi connectivity index (χ0v) is 13.0. The van der Waals surface area contributed by atoms with E-state index in [0.717, 1.165) is 31.4 Å². The number of hydrogen-bond donors (Lipinski definition) is 1. The van der Waals surface area contributed by atoms with Crippen LogP contribution in [0.15, 0.2) is 18.2 Å². The third-order valence-corrected chi connectivity index (χ3v) is 4.93. The Kier molecular flexibility index (Phi) is 3.26. The number of piperazine rings is 1. The second-order valence-electron chi connectivity index (χ2n) is 6.30. The summed E-state index contributed by atoms with van der Waals surface area (Å²) in [7, 11) is 0. The molecule has 3 aliphatic rings. The second kappa shape index (κ2) is 5.16. The number of benzene rings is 1. The lowest BCUT2D eigenvalue weighted by atomic mass is 9.91. The van der Waals surface area contributed by atoms with E-state index in [0.29, 0.717) is 17.6 Å². The molecule has 0 aromatic heterocycles. The Hall–Kier alpha value is -1.75. The molecule has 2 aliphatic heterocycles. The fourth-order valence-corrected chi connectivity index (χ4v) is 3.52. The van der Waals surface area contributed by atoms with Crippen LogP contribution in [-0.4, -0.2) is 47.4 Å². The van der Waals surface area contributed by atoms with Crippen LogP contribution in [0.5, 0.6) is 0 Å². The van der Waals surface area contributed by atoms with Crippen molar-refractivity contribution in [1.29, 1.82) is 0 Å². The summed E-state index contributed by atoms with van der Waals surface area (Å²) >= 11 is 6.12. The van der Waals surface area contributed by atoms with Gasteiger partial charge in [0.05, 0.1) is 6.04 Å². The molecule has 4 rings (SSSR count). The van der Waals surface area contributed by atoms with Crippen molar-refractivity contribution < 1.29 is 9.59 Å². The molecule has 1 atom stereocenters. The standard InChI is InChI=1S/C16H18ClN3O2/c17-11-2-1-10-5-6-20-14(13(10)7-11)8-19(9-15(20)21)16(22)18-12-3-4-12/h1-2,7,12,14H,3-6,8-9H2,(H,18,22). The van der Waals surface area contributed by atoms with Crippen molar-refractivity contribution >= 4 is 23.5 Å². The molecule has 0 bridgehead atoms. The number of fused-ring (bicyclic) bond motifs is 3. The molecule has 2 fully saturated rings. The van der Waals surface area contributed by atoms with Crippen LogP contribution >= 0.6 is 11.6 Å². The van der Waals surface area contributed by atoms with Gasteiger partial charge in [-0.15, -0.1) is 0 Å². The molecule has 22 heavy (non-hydrogen) atoms. The summed E-state index contributed by atoms with van der Waals surface area (Å²) in [5, 5.41) is 3.64. The van der Waals surface area contributed by atoms with Gasteiger partial charge in [-0.25, -0.2) is 4.79 Å². The molecule has 1 unspecified atom stereocenters. The molecule has 1 saturated carbocycles. The van der Waals surface area contributed by atoms with Gasteiger partial charge >= 0.3 is 6.03 Å². The summed E-state index contributed by atoms with van der Waals surface area (Å²) in [6.45, 7) is 1.43. The van der Waals surface area contributed by atoms with Crippen LogP contribution in [0.2, 0.25) is 5.02 Å². The number of halogens is 1. The Morgan fingerprint density at radius 3 is 2.91 bits per heavy atom. The minimum absolute atomic E-state index is 0.0211. The van der Waals surface area contributed by atoms with Crippen molar-refractivity contribution in [2.45, 2.75) is 31.3 Å². The molecule has 6 heteroatoms. The maximum atomic E-state index is 12.4. The Balaban J connectivity index is 1.60. The summed E-state index contributed by atoms with van der Waals surface area (Å²) in [4.78, 5) is 28.2. The highest BCUT2D eigenvalue weighted by molar-refractivity contribution is 6.30. The Labute approximate surface area is 134 Å². The van der Waals surface area contributed by atoms with Gasteiger partial charge in [0, 0.05) is 24.2 Å². The van der Waals surface area contributed by atoms with Gasteiger partial charge in [-0.1, -0.05) is 17.7 Å². The van der Waals surface area contributed by atoms with Crippen LogP contribution < -0.4 is 5.32 Å². The average Bonchev–Trinajstić information content (AvgIpc) is 3.31. The van der Waals surface area contributed by atoms with E-state index >= 15 is 0 Å². The van der Waals surface area contributed by atoms with Gasteiger partial charge in [-0.3, -0.25) is 4.79 Å². The van der Waals surface area contributed by atoms with Gasteiger partial charge in [0.25, 0.3) is 0 Å². The largest absolute Gasteiger partial charge is 0.335 e. The first-order valence-corrected chi connectivity index (χ1v) is 8.13. The smallest absolute Gasteiger partial charge is 0.318 e. The lowest BCUT2D eigenvalue weighted by Crippen LogP contribution is -2.57. The number of nitrogens with zero attached hydrogens (tertiary/aromatic N) is 2. The van der Waals surface area contributed by atoms with E-state index in [1.54, 1.807) is 4.90 Å². The summed E-state index contributed by atoms with van der Waals surface area (Å²) in [6.07, 6.45) is 2.94. The molecule has 1 aliphatic carbocycles. The highest BCUT2D eigenvalue weighted by Gasteiger charge is 2.39. The average molecular weight is 320 g/mol. The van der Waals surface area contributed by atoms with Crippen molar-refractivity contribution in [2.24, 2.45) is 0 Å². The van der Waals surface area contributed by atoms with Crippen LogP contribution in [0.3, 0.4) is 0 Å². The van der Waals surface area contributed by atoms with Crippen molar-refractivity contribution in [3.8, 4) is 0 Å². The van der Waals surface area contributed by atoms with Crippen molar-refractivity contribution in [2.75, 3.05) is 19.6 Å². The Bertz CT molecular complexity index is 644. The Morgan fingerprint density at radius 2 is 2.14 bits per heavy atom. The third-order valence-electron chi connectivity index (χ3n) is 4.70. The molecular weight excluding hydrogens is 302 g/mol. The van der Waals surface area contributed by atoms with E-state index < -0.39 is 0 Å². The molecule has 0 radical (unpaired) electrons. The molecule has 3 amide bonds. The number of amides is 3. The van der Waals surface area contributed by atoms with Gasteiger partial charge in [0.2, 0.25) is 5.91 Å². The number of rotatable bonds is 1. The first-order chi connectivity index (χ1) is 10.6. The zero-order chi connectivity index (χ0) is 15.3. The first kappa shape index (κ1) is 13.9. The number of hydrogen-bond acceptors (Lipinski definition) is 2. The molecule has 116 valence electrons. The van der Waals surface area contributed by atoms with Crippen molar-refractivity contribution in [3.05, 3.63) is 34.3 Å². The van der Waals surface area contributed by atoms with Crippen LogP contribution in [0, 0.1) is 0 Å². The molecule has 1 aromatic carbocycles. The van der Waals surface area contributed by atoms with E-state index in [1.807, 2.05) is 23.1 Å². The fourth-order valence-electron chi connectivity index (χ4n) is 3.34. The van der Waals surface area contributed by atoms with Gasteiger partial charge < -0.3 is 15.1 Å². The maximum absolute atomic E-state index is 12.4. The number of carbonyl (C=O) groups is 2. The van der Waals surface area contributed by atoms with Crippen LogP contribution in [0.25, 0.3) is 0 Å². The molecule has 5 nitrogen and oxygen atoms in total. The van der Waals surface area contributed by atoms with Gasteiger partial charge in [-0.2, -0.15) is 0 Å². The highest BCUT2D eigenvalue weighted by Crippen LogP contribution is 2.34. The highest BCUT2D eigenvalue weighted by atomic mass is 35.5. The predicted molar refractivity (Wildman–Crippen MR) is 82.7 cm³/mol. The summed E-state index contributed by atoms with van der Waals surface area (Å²) in [5.74, 6) is 0.0211. The van der Waals surface area contributed by atoms with E-state index in [2.05, 4.69) is 5.32 Å². The lowest BCUT2D eigenvalue weighted by Gasteiger charge is -2.44. The van der Waals surface area contributed by atoms with E-state index in [-0.39, 0.29) is 24.5 Å². The van der Waals surface area contributed by atoms with Gasteiger partial charge in [0.15, 0.2) is 0 Å². The second-order valence-corrected chi connectivity index (χ2v) is 6.74. The van der Waals surface area contributed by atoms with Crippen molar-refractivity contribution in [3.63, 3.8) is 0 Å². The fraction of sp³-hybridized carbons (Fsp3) is 0.500. The minimum atomic E-state index is -0.121. The molecule has 0 spiro atoms. The van der Waals surface area contributed by atoms with Crippen molar-refractivity contribution in [1.82, 2.24) is 15.1 Å². The number of urea groups is 1. The van der Waals surface area contributed by atoms with Crippen LogP contribution in [-0.2, 0) is 11.2 Å². The third kappa shape index (κ3) is 2.43. The SMILES string of the molecule is O=C(NC1CC1)N1CC(=O)N2CCc3ccc(Cl)cc3C2C1. The van der Waals surface area contributed by atoms with Crippen LogP contribution in [0.1, 0.15) is 30.0 Å². The van der Waals surface area contributed by atoms with E-state index in [1.165, 1.54) is 5.56 Å². The number of nitrogens with one attached hydrogen (secondary N) is 1. The van der Waals surface area contributed by atoms with Gasteiger partial charge in [-0.05, 0) is 42.5 Å². The molecule has 1 N–H and O–H groups in total. The first-order valence-electron chi connectivity index (χ1n) is 7.75. The normalized spacial score (nSPS) is 23.9. The maximum Gasteiger partial charge on any atom is 0.318 e. The van der Waals surface area contributed by atoms with E-state index in [4.69, 9.17) is 11.6 Å². The molecule has 2 heterocycles. The number of carbonyl (C=O) groups excluding carboxylic acids is 2. The zero-order valence-electron chi connectivity index (χ0n) is 12.2. The molecular formula is C16H18ClN3O2. The van der Waals surface area contributed by atoms with Gasteiger partial charge in [0.1, 0.15) is 6.54 Å². The monoisotopic (exact) mass is 319 g/mol. The molecule has 1 aromatic rings. The lowest BCUT2D eigenvalue weighted by molar-refractivity contribution is -0.139. The Morgan fingerprint density at radius 1 is 1.32 bits per heavy atom. The summed E-state index contributed by atoms with van der Waals surface area (Å²) in [6, 6.07) is 5.96. The predicted octanol–water partition coefficient (Wildman–Crippen LogP) is 1.95. The minimum Gasteiger partial charge on any atom is -0.335 e. The quantitative estimate of drug-likeness (QED) is 0.860. The van der Waals surface area contributed by atoms with Crippen LogP contribution in [0.4, 0.5) is 4.79 Å². The summed E-state index contributed by atoms with van der Waals surface area (Å²) < 4.78 is 0. The molecule has 1 saturated heterocycles. The topological polar surface area (TPSA) is 52.7 Å². The van der Waals surface area contributed by atoms with E-state index in [9.17, 15) is 9.59 Å². The summed E-state index contributed by atoms with van der Waals surface area (Å²) in [5.41, 5.74) is 2.30.